The molecule has 0 amide bonds. The molecule has 0 unspecified atom stereocenters. The highest BCUT2D eigenvalue weighted by atomic mass is 32.2. The van der Waals surface area contributed by atoms with Gasteiger partial charge >= 0.3 is 5.97 Å². The van der Waals surface area contributed by atoms with Gasteiger partial charge in [-0.25, -0.2) is 12.4 Å². The van der Waals surface area contributed by atoms with Crippen molar-refractivity contribution in [3.63, 3.8) is 0 Å². The lowest BCUT2D eigenvalue weighted by molar-refractivity contribution is -0.149. The number of esters is 1. The summed E-state index contributed by atoms with van der Waals surface area (Å²) in [5.74, 6) is -0.561. The zero-order valence-electron chi connectivity index (χ0n) is 13.0. The highest BCUT2D eigenvalue weighted by Crippen LogP contribution is 2.30. The van der Waals surface area contributed by atoms with Crippen LogP contribution in [-0.4, -0.2) is 36.1 Å². The van der Waals surface area contributed by atoms with Gasteiger partial charge < -0.3 is 9.84 Å². The Morgan fingerprint density at radius 3 is 2.71 bits per heavy atom. The SMILES string of the molecule is CCOC(=O)[C@@H]1NCc2c(ccn2S(=O)(=O)c2ccccc2)[C@H]1O. The number of nitrogens with zero attached hydrogens (tertiary/aromatic N) is 1. The number of aliphatic hydroxyl groups excluding tert-OH is 1. The molecule has 1 aliphatic heterocycles. The molecule has 2 aromatic rings. The van der Waals surface area contributed by atoms with Crippen LogP contribution in [0.1, 0.15) is 24.3 Å². The van der Waals surface area contributed by atoms with Gasteiger partial charge in [-0.3, -0.25) is 10.1 Å². The molecule has 3 rings (SSSR count). The molecule has 0 saturated heterocycles. The fourth-order valence-electron chi connectivity index (χ4n) is 2.78. The number of rotatable bonds is 4. The van der Waals surface area contributed by atoms with E-state index in [0.717, 1.165) is 3.97 Å². The van der Waals surface area contributed by atoms with E-state index in [-0.39, 0.29) is 18.0 Å². The maximum absolute atomic E-state index is 12.8. The van der Waals surface area contributed by atoms with Crippen molar-refractivity contribution in [1.82, 2.24) is 9.29 Å². The highest BCUT2D eigenvalue weighted by Gasteiger charge is 2.37. The summed E-state index contributed by atoms with van der Waals surface area (Å²) in [6, 6.07) is 8.66. The van der Waals surface area contributed by atoms with Crippen LogP contribution in [0.3, 0.4) is 0 Å². The van der Waals surface area contributed by atoms with E-state index in [4.69, 9.17) is 4.74 Å². The van der Waals surface area contributed by atoms with Crippen LogP contribution in [0, 0.1) is 0 Å². The molecule has 2 heterocycles. The van der Waals surface area contributed by atoms with Crippen molar-refractivity contribution in [3.05, 3.63) is 53.9 Å². The Morgan fingerprint density at radius 2 is 2.04 bits per heavy atom. The Morgan fingerprint density at radius 1 is 1.33 bits per heavy atom. The molecule has 0 spiro atoms. The van der Waals surface area contributed by atoms with E-state index in [1.165, 1.54) is 24.4 Å². The Labute approximate surface area is 139 Å². The molecular weight excluding hydrogens is 332 g/mol. The number of nitrogens with one attached hydrogen (secondary N) is 1. The highest BCUT2D eigenvalue weighted by molar-refractivity contribution is 7.90. The van der Waals surface area contributed by atoms with Crippen LogP contribution < -0.4 is 5.32 Å². The third-order valence-electron chi connectivity index (χ3n) is 3.95. The fraction of sp³-hybridized carbons (Fsp3) is 0.312. The van der Waals surface area contributed by atoms with Crippen LogP contribution in [0.4, 0.5) is 0 Å². The normalized spacial score (nSPS) is 20.4. The summed E-state index contributed by atoms with van der Waals surface area (Å²) in [6.45, 7) is 2.02. The number of fused-ring (bicyclic) bond motifs is 1. The quantitative estimate of drug-likeness (QED) is 0.792. The van der Waals surface area contributed by atoms with Crippen molar-refractivity contribution in [2.45, 2.75) is 30.5 Å². The monoisotopic (exact) mass is 350 g/mol. The summed E-state index contributed by atoms with van der Waals surface area (Å²) >= 11 is 0. The van der Waals surface area contributed by atoms with Gasteiger partial charge in [0.2, 0.25) is 0 Å². The van der Waals surface area contributed by atoms with E-state index < -0.39 is 28.1 Å². The van der Waals surface area contributed by atoms with Gasteiger partial charge in [0, 0.05) is 18.3 Å². The molecule has 2 atom stereocenters. The lowest BCUT2D eigenvalue weighted by Gasteiger charge is -2.28. The molecule has 7 nitrogen and oxygen atoms in total. The van der Waals surface area contributed by atoms with Crippen molar-refractivity contribution in [3.8, 4) is 0 Å². The van der Waals surface area contributed by atoms with Gasteiger partial charge in [0.05, 0.1) is 17.2 Å². The lowest BCUT2D eigenvalue weighted by Crippen LogP contribution is -2.46. The van der Waals surface area contributed by atoms with Gasteiger partial charge in [0.25, 0.3) is 10.0 Å². The molecule has 24 heavy (non-hydrogen) atoms. The number of benzene rings is 1. The molecule has 0 radical (unpaired) electrons. The topological polar surface area (TPSA) is 97.6 Å². The van der Waals surface area contributed by atoms with Gasteiger partial charge in [0.15, 0.2) is 0 Å². The number of carbonyl (C=O) groups excluding carboxylic acids is 1. The van der Waals surface area contributed by atoms with Crippen molar-refractivity contribution in [2.24, 2.45) is 0 Å². The molecular formula is C16H18N2O5S. The summed E-state index contributed by atoms with van der Waals surface area (Å²) < 4.78 is 31.6. The Kier molecular flexibility index (Phi) is 4.44. The van der Waals surface area contributed by atoms with E-state index in [1.807, 2.05) is 0 Å². The predicted octanol–water partition coefficient (Wildman–Crippen LogP) is 0.793. The Balaban J connectivity index is 1.97. The standard InChI is InChI=1S/C16H18N2O5S/c1-2-23-16(20)14-15(19)12-8-9-18(13(12)10-17-14)24(21,22)11-6-4-3-5-7-11/h3-9,14-15,17,19H,2,10H2,1H3/t14-,15-/m1/s1. The van der Waals surface area contributed by atoms with Crippen molar-refractivity contribution in [2.75, 3.05) is 6.61 Å². The first-order valence-corrected chi connectivity index (χ1v) is 8.99. The van der Waals surface area contributed by atoms with Crippen molar-refractivity contribution in [1.29, 1.82) is 0 Å². The number of hydrogen-bond donors (Lipinski definition) is 2. The Bertz CT molecular complexity index is 845. The van der Waals surface area contributed by atoms with Crippen LogP contribution in [0.5, 0.6) is 0 Å². The first-order chi connectivity index (χ1) is 11.5. The third kappa shape index (κ3) is 2.72. The summed E-state index contributed by atoms with van der Waals surface area (Å²) in [5.41, 5.74) is 0.818. The molecule has 1 aromatic carbocycles. The minimum Gasteiger partial charge on any atom is -0.465 e. The van der Waals surface area contributed by atoms with Crippen LogP contribution in [-0.2, 0) is 26.1 Å². The fourth-order valence-corrected chi connectivity index (χ4v) is 4.19. The first kappa shape index (κ1) is 16.7. The molecule has 0 bridgehead atoms. The summed E-state index contributed by atoms with van der Waals surface area (Å²) in [7, 11) is -3.76. The third-order valence-corrected chi connectivity index (χ3v) is 5.68. The van der Waals surface area contributed by atoms with Crippen LogP contribution in [0.2, 0.25) is 0 Å². The summed E-state index contributed by atoms with van der Waals surface area (Å²) in [4.78, 5) is 12.0. The van der Waals surface area contributed by atoms with E-state index in [9.17, 15) is 18.3 Å². The van der Waals surface area contributed by atoms with Gasteiger partial charge in [-0.1, -0.05) is 18.2 Å². The van der Waals surface area contributed by atoms with Gasteiger partial charge in [-0.2, -0.15) is 0 Å². The lowest BCUT2D eigenvalue weighted by atomic mass is 9.98. The Hall–Kier alpha value is -2.16. The average Bonchev–Trinajstić information content (AvgIpc) is 3.02. The molecule has 1 aliphatic rings. The second kappa shape index (κ2) is 6.39. The van der Waals surface area contributed by atoms with Crippen LogP contribution >= 0.6 is 0 Å². The maximum Gasteiger partial charge on any atom is 0.326 e. The largest absolute Gasteiger partial charge is 0.465 e. The smallest absolute Gasteiger partial charge is 0.326 e. The average molecular weight is 350 g/mol. The van der Waals surface area contributed by atoms with Crippen LogP contribution in [0.25, 0.3) is 0 Å². The van der Waals surface area contributed by atoms with E-state index in [1.54, 1.807) is 25.1 Å². The van der Waals surface area contributed by atoms with Crippen molar-refractivity contribution < 1.29 is 23.1 Å². The van der Waals surface area contributed by atoms with Gasteiger partial charge in [0.1, 0.15) is 12.1 Å². The predicted molar refractivity (Wildman–Crippen MR) is 85.7 cm³/mol. The van der Waals surface area contributed by atoms with Gasteiger partial charge in [-0.05, 0) is 25.1 Å². The zero-order chi connectivity index (χ0) is 17.3. The van der Waals surface area contributed by atoms with Crippen molar-refractivity contribution >= 4 is 16.0 Å². The van der Waals surface area contributed by atoms with Crippen LogP contribution in [0.15, 0.2) is 47.5 Å². The second-order valence-electron chi connectivity index (χ2n) is 5.39. The molecule has 2 N–H and O–H groups in total. The summed E-state index contributed by atoms with van der Waals surface area (Å²) in [5, 5.41) is 13.2. The molecule has 0 aliphatic carbocycles. The molecule has 128 valence electrons. The molecule has 1 aromatic heterocycles. The molecule has 0 fully saturated rings. The van der Waals surface area contributed by atoms with E-state index >= 15 is 0 Å². The number of carbonyl (C=O) groups is 1. The number of aliphatic hydroxyl groups is 1. The maximum atomic E-state index is 12.8. The summed E-state index contributed by atoms with van der Waals surface area (Å²) in [6.07, 6.45) is 0.228. The molecule has 0 saturated carbocycles. The van der Waals surface area contributed by atoms with Gasteiger partial charge in [-0.15, -0.1) is 0 Å². The minimum absolute atomic E-state index is 0.134. The van der Waals surface area contributed by atoms with E-state index in [2.05, 4.69) is 5.32 Å². The van der Waals surface area contributed by atoms with E-state index in [0.29, 0.717) is 11.3 Å². The number of hydrogen-bond acceptors (Lipinski definition) is 6. The minimum atomic E-state index is -3.76. The zero-order valence-corrected chi connectivity index (χ0v) is 13.9. The first-order valence-electron chi connectivity index (χ1n) is 7.55. The molecule has 8 heteroatoms. The number of aromatic nitrogens is 1. The number of ether oxygens (including phenoxy) is 1. The second-order valence-corrected chi connectivity index (χ2v) is 7.20.